The fourth-order valence-corrected chi connectivity index (χ4v) is 2.86. The Morgan fingerprint density at radius 2 is 1.65 bits per heavy atom. The minimum absolute atomic E-state index is 0.0129. The quantitative estimate of drug-likeness (QED) is 0.554. The van der Waals surface area contributed by atoms with Crippen LogP contribution in [-0.2, 0) is 6.61 Å². The first-order valence-electron chi connectivity index (χ1n) is 8.29. The number of fused-ring (bicyclic) bond motifs is 1. The Labute approximate surface area is 151 Å². The summed E-state index contributed by atoms with van der Waals surface area (Å²) >= 11 is 0. The third-order valence-corrected chi connectivity index (χ3v) is 4.18. The van der Waals surface area contributed by atoms with Crippen LogP contribution in [0.1, 0.15) is 5.56 Å². The van der Waals surface area contributed by atoms with Crippen LogP contribution in [0.4, 0.5) is 0 Å². The van der Waals surface area contributed by atoms with E-state index in [1.807, 2.05) is 60.7 Å². The van der Waals surface area contributed by atoms with Gasteiger partial charge in [-0.1, -0.05) is 48.5 Å². The number of hydrogen-bond donors (Lipinski definition) is 2. The molecule has 0 unspecified atom stereocenters. The smallest absolute Gasteiger partial charge is 0.146 e. The predicted octanol–water partition coefficient (Wildman–Crippen LogP) is 4.89. The molecule has 0 aliphatic rings. The van der Waals surface area contributed by atoms with E-state index in [1.165, 1.54) is 12.1 Å². The number of ether oxygens (including phenoxy) is 1. The summed E-state index contributed by atoms with van der Waals surface area (Å²) in [7, 11) is 0. The molecule has 2 N–H and O–H groups in total. The zero-order chi connectivity index (χ0) is 17.9. The Morgan fingerprint density at radius 1 is 0.808 bits per heavy atom. The van der Waals surface area contributed by atoms with Gasteiger partial charge in [0.15, 0.2) is 0 Å². The third kappa shape index (κ3) is 3.17. The average Bonchev–Trinajstić information content (AvgIpc) is 2.67. The summed E-state index contributed by atoms with van der Waals surface area (Å²) < 4.78 is 5.98. The van der Waals surface area contributed by atoms with Gasteiger partial charge in [0.25, 0.3) is 0 Å². The number of nitrogens with zero attached hydrogens (tertiary/aromatic N) is 1. The van der Waals surface area contributed by atoms with Crippen LogP contribution < -0.4 is 4.74 Å². The van der Waals surface area contributed by atoms with E-state index in [1.54, 1.807) is 6.07 Å². The van der Waals surface area contributed by atoms with Gasteiger partial charge < -0.3 is 14.9 Å². The van der Waals surface area contributed by atoms with Gasteiger partial charge in [-0.3, -0.25) is 0 Å². The number of para-hydroxylation sites is 1. The lowest BCUT2D eigenvalue weighted by atomic mass is 10.1. The molecule has 0 aliphatic carbocycles. The van der Waals surface area contributed by atoms with Crippen LogP contribution in [0, 0.1) is 0 Å². The van der Waals surface area contributed by atoms with E-state index in [9.17, 15) is 10.2 Å². The van der Waals surface area contributed by atoms with E-state index < -0.39 is 0 Å². The summed E-state index contributed by atoms with van der Waals surface area (Å²) in [5.41, 5.74) is 2.98. The second-order valence-electron chi connectivity index (χ2n) is 6.00. The van der Waals surface area contributed by atoms with Crippen LogP contribution in [0.25, 0.3) is 22.2 Å². The second-order valence-corrected chi connectivity index (χ2v) is 6.00. The lowest BCUT2D eigenvalue weighted by molar-refractivity contribution is 0.309. The molecule has 0 radical (unpaired) electrons. The number of phenolic OH excluding ortho intramolecular Hbond substituents is 2. The molecule has 128 valence electrons. The Morgan fingerprint density at radius 3 is 2.46 bits per heavy atom. The van der Waals surface area contributed by atoms with Gasteiger partial charge in [0, 0.05) is 17.0 Å². The molecule has 1 heterocycles. The highest BCUT2D eigenvalue weighted by Gasteiger charge is 2.10. The molecule has 0 fully saturated rings. The molecule has 4 heteroatoms. The summed E-state index contributed by atoms with van der Waals surface area (Å²) in [4.78, 5) is 4.68. The maximum absolute atomic E-state index is 10.1. The van der Waals surface area contributed by atoms with Crippen molar-refractivity contribution in [2.24, 2.45) is 0 Å². The topological polar surface area (TPSA) is 62.6 Å². The van der Waals surface area contributed by atoms with Gasteiger partial charge in [-0.25, -0.2) is 4.98 Å². The Balaban J connectivity index is 1.72. The first-order valence-corrected chi connectivity index (χ1v) is 8.29. The molecule has 4 nitrogen and oxygen atoms in total. The molecule has 0 atom stereocenters. The standard InChI is InChI=1S/C22H17NO3/c24-17-10-11-18(20(25)13-17)19-12-9-16-7-4-8-21(22(16)23-19)26-14-15-5-2-1-3-6-15/h1-13,24-25H,14H2. The van der Waals surface area contributed by atoms with Gasteiger partial charge in [-0.15, -0.1) is 0 Å². The number of aromatic hydroxyl groups is 2. The van der Waals surface area contributed by atoms with Gasteiger partial charge in [-0.05, 0) is 29.8 Å². The van der Waals surface area contributed by atoms with Crippen molar-refractivity contribution in [1.29, 1.82) is 0 Å². The maximum atomic E-state index is 10.1. The van der Waals surface area contributed by atoms with Crippen LogP contribution >= 0.6 is 0 Å². The predicted molar refractivity (Wildman–Crippen MR) is 101 cm³/mol. The van der Waals surface area contributed by atoms with E-state index >= 15 is 0 Å². The molecular formula is C22H17NO3. The summed E-state index contributed by atoms with van der Waals surface area (Å²) in [6.07, 6.45) is 0. The first-order chi connectivity index (χ1) is 12.7. The maximum Gasteiger partial charge on any atom is 0.146 e. The van der Waals surface area contributed by atoms with Crippen molar-refractivity contribution in [3.63, 3.8) is 0 Å². The molecule has 26 heavy (non-hydrogen) atoms. The zero-order valence-corrected chi connectivity index (χ0v) is 14.0. The van der Waals surface area contributed by atoms with Crippen molar-refractivity contribution in [3.8, 4) is 28.5 Å². The van der Waals surface area contributed by atoms with E-state index in [2.05, 4.69) is 4.98 Å². The molecular weight excluding hydrogens is 326 g/mol. The Hall–Kier alpha value is -3.53. The molecule has 0 spiro atoms. The van der Waals surface area contributed by atoms with Crippen molar-refractivity contribution in [3.05, 3.63) is 84.4 Å². The summed E-state index contributed by atoms with van der Waals surface area (Å²) in [6, 6.07) is 24.0. The molecule has 1 aromatic heterocycles. The number of phenols is 2. The molecule has 4 rings (SSSR count). The van der Waals surface area contributed by atoms with Crippen LogP contribution in [0.5, 0.6) is 17.2 Å². The van der Waals surface area contributed by atoms with Crippen molar-refractivity contribution in [2.45, 2.75) is 6.61 Å². The average molecular weight is 343 g/mol. The van der Waals surface area contributed by atoms with Crippen molar-refractivity contribution >= 4 is 10.9 Å². The van der Waals surface area contributed by atoms with Crippen LogP contribution in [0.15, 0.2) is 78.9 Å². The van der Waals surface area contributed by atoms with Gasteiger partial charge in [0.05, 0.1) is 5.69 Å². The highest BCUT2D eigenvalue weighted by Crippen LogP contribution is 2.33. The van der Waals surface area contributed by atoms with Gasteiger partial charge in [0.2, 0.25) is 0 Å². The van der Waals surface area contributed by atoms with E-state index in [4.69, 9.17) is 4.74 Å². The first kappa shape index (κ1) is 16.0. The lowest BCUT2D eigenvalue weighted by Crippen LogP contribution is -1.97. The Bertz CT molecular complexity index is 1060. The summed E-state index contributed by atoms with van der Waals surface area (Å²) in [6.45, 7) is 0.455. The largest absolute Gasteiger partial charge is 0.508 e. The van der Waals surface area contributed by atoms with Crippen molar-refractivity contribution in [2.75, 3.05) is 0 Å². The highest BCUT2D eigenvalue weighted by atomic mass is 16.5. The number of rotatable bonds is 4. The van der Waals surface area contributed by atoms with Crippen LogP contribution in [0.3, 0.4) is 0 Å². The molecule has 0 saturated carbocycles. The number of aromatic nitrogens is 1. The molecule has 0 amide bonds. The number of pyridine rings is 1. The van der Waals surface area contributed by atoms with Crippen LogP contribution in [0.2, 0.25) is 0 Å². The second kappa shape index (κ2) is 6.76. The van der Waals surface area contributed by atoms with Crippen LogP contribution in [-0.4, -0.2) is 15.2 Å². The lowest BCUT2D eigenvalue weighted by Gasteiger charge is -2.11. The summed E-state index contributed by atoms with van der Waals surface area (Å²) in [5, 5.41) is 20.5. The molecule has 0 saturated heterocycles. The normalized spacial score (nSPS) is 10.8. The number of benzene rings is 3. The van der Waals surface area contributed by atoms with Gasteiger partial charge in [0.1, 0.15) is 29.4 Å². The highest BCUT2D eigenvalue weighted by molar-refractivity contribution is 5.87. The van der Waals surface area contributed by atoms with Crippen molar-refractivity contribution < 1.29 is 14.9 Å². The van der Waals surface area contributed by atoms with Gasteiger partial charge in [-0.2, -0.15) is 0 Å². The third-order valence-electron chi connectivity index (χ3n) is 4.18. The molecule has 3 aromatic carbocycles. The monoisotopic (exact) mass is 343 g/mol. The van der Waals surface area contributed by atoms with E-state index in [0.717, 1.165) is 16.5 Å². The molecule has 0 aliphatic heterocycles. The van der Waals surface area contributed by atoms with Gasteiger partial charge >= 0.3 is 0 Å². The zero-order valence-electron chi connectivity index (χ0n) is 14.0. The minimum Gasteiger partial charge on any atom is -0.508 e. The fraction of sp³-hybridized carbons (Fsp3) is 0.0455. The minimum atomic E-state index is -0.0143. The number of hydrogen-bond acceptors (Lipinski definition) is 4. The Kier molecular flexibility index (Phi) is 4.15. The SMILES string of the molecule is Oc1ccc(-c2ccc3cccc(OCc4ccccc4)c3n2)c(O)c1. The van der Waals surface area contributed by atoms with Crippen molar-refractivity contribution in [1.82, 2.24) is 4.98 Å². The molecule has 4 aromatic rings. The molecule has 0 bridgehead atoms. The van der Waals surface area contributed by atoms with E-state index in [0.29, 0.717) is 23.6 Å². The fourth-order valence-electron chi connectivity index (χ4n) is 2.86. The van der Waals surface area contributed by atoms with E-state index in [-0.39, 0.29) is 11.5 Å². The summed E-state index contributed by atoms with van der Waals surface area (Å²) in [5.74, 6) is 0.685.